The van der Waals surface area contributed by atoms with Crippen molar-refractivity contribution >= 4 is 17.5 Å². The predicted molar refractivity (Wildman–Crippen MR) is 102 cm³/mol. The number of carbonyl (C=O) groups excluding carboxylic acids is 2. The van der Waals surface area contributed by atoms with Gasteiger partial charge in [-0.2, -0.15) is 0 Å². The molecule has 0 bridgehead atoms. The van der Waals surface area contributed by atoms with Gasteiger partial charge >= 0.3 is 0 Å². The highest BCUT2D eigenvalue weighted by atomic mass is 16.5. The molecule has 27 heavy (non-hydrogen) atoms. The Kier molecular flexibility index (Phi) is 4.56. The minimum atomic E-state index is -0.282. The van der Waals surface area contributed by atoms with Crippen molar-refractivity contribution in [3.8, 4) is 5.88 Å². The molecule has 4 rings (SSSR count). The number of aromatic nitrogens is 1. The highest BCUT2D eigenvalue weighted by Gasteiger charge is 2.41. The Balaban J connectivity index is 1.34. The summed E-state index contributed by atoms with van der Waals surface area (Å²) in [6, 6.07) is 11.5. The van der Waals surface area contributed by atoms with Gasteiger partial charge in [0, 0.05) is 30.9 Å². The van der Waals surface area contributed by atoms with Gasteiger partial charge in [0.15, 0.2) is 0 Å². The van der Waals surface area contributed by atoms with Gasteiger partial charge in [0.2, 0.25) is 17.7 Å². The molecule has 3 heterocycles. The number of nitrogens with zero attached hydrogens (tertiary/aromatic N) is 3. The molecule has 0 N–H and O–H groups in total. The van der Waals surface area contributed by atoms with E-state index in [-0.39, 0.29) is 30.3 Å². The van der Waals surface area contributed by atoms with Gasteiger partial charge in [0.1, 0.15) is 6.10 Å². The van der Waals surface area contributed by atoms with Gasteiger partial charge in [-0.1, -0.05) is 12.1 Å². The quantitative estimate of drug-likeness (QED) is 0.834. The maximum Gasteiger partial charge on any atom is 0.228 e. The molecule has 0 spiro atoms. The summed E-state index contributed by atoms with van der Waals surface area (Å²) in [5.74, 6) is 0.343. The third-order valence-corrected chi connectivity index (χ3v) is 5.36. The molecule has 1 aromatic carbocycles. The predicted octanol–water partition coefficient (Wildman–Crippen LogP) is 2.34. The molecule has 1 atom stereocenters. The van der Waals surface area contributed by atoms with E-state index in [9.17, 15) is 9.59 Å². The highest BCUT2D eigenvalue weighted by molar-refractivity contribution is 6.00. The summed E-state index contributed by atoms with van der Waals surface area (Å²) in [6.07, 6.45) is 1.92. The van der Waals surface area contributed by atoms with Gasteiger partial charge in [-0.15, -0.1) is 0 Å². The summed E-state index contributed by atoms with van der Waals surface area (Å²) in [6.45, 7) is 5.62. The zero-order valence-electron chi connectivity index (χ0n) is 15.6. The Morgan fingerprint density at radius 3 is 2.63 bits per heavy atom. The van der Waals surface area contributed by atoms with E-state index in [1.165, 1.54) is 5.56 Å². The van der Waals surface area contributed by atoms with Crippen molar-refractivity contribution < 1.29 is 14.3 Å². The van der Waals surface area contributed by atoms with Crippen LogP contribution in [0.15, 0.2) is 42.6 Å². The van der Waals surface area contributed by atoms with Crippen LogP contribution in [0.1, 0.15) is 17.5 Å². The van der Waals surface area contributed by atoms with Crippen LogP contribution in [0.4, 0.5) is 5.69 Å². The first-order chi connectivity index (χ1) is 13.0. The first kappa shape index (κ1) is 17.5. The van der Waals surface area contributed by atoms with Gasteiger partial charge in [-0.05, 0) is 43.2 Å². The molecule has 1 unspecified atom stereocenters. The van der Waals surface area contributed by atoms with E-state index in [1.54, 1.807) is 16.0 Å². The molecule has 2 saturated heterocycles. The molecular formula is C21H23N3O3. The number of pyridine rings is 1. The lowest BCUT2D eigenvalue weighted by Crippen LogP contribution is -2.57. The normalized spacial score (nSPS) is 19.9. The highest BCUT2D eigenvalue weighted by Crippen LogP contribution is 2.29. The first-order valence-corrected chi connectivity index (χ1v) is 9.25. The molecule has 140 valence electrons. The average molecular weight is 365 g/mol. The lowest BCUT2D eigenvalue weighted by atomic mass is 10.0. The minimum Gasteiger partial charge on any atom is -0.471 e. The number of hydrogen-bond donors (Lipinski definition) is 0. The number of hydrogen-bond acceptors (Lipinski definition) is 4. The van der Waals surface area contributed by atoms with E-state index >= 15 is 0 Å². The van der Waals surface area contributed by atoms with Crippen molar-refractivity contribution in [3.63, 3.8) is 0 Å². The summed E-state index contributed by atoms with van der Waals surface area (Å²) >= 11 is 0. The lowest BCUT2D eigenvalue weighted by molar-refractivity contribution is -0.144. The summed E-state index contributed by atoms with van der Waals surface area (Å²) in [4.78, 5) is 32.8. The number of amides is 2. The fraction of sp³-hybridized carbons (Fsp3) is 0.381. The Labute approximate surface area is 158 Å². The molecule has 0 radical (unpaired) electrons. The summed E-state index contributed by atoms with van der Waals surface area (Å²) in [7, 11) is 0. The molecule has 2 aromatic rings. The van der Waals surface area contributed by atoms with E-state index in [2.05, 4.69) is 4.98 Å². The van der Waals surface area contributed by atoms with Crippen LogP contribution in [0.2, 0.25) is 0 Å². The maximum atomic E-state index is 12.7. The second kappa shape index (κ2) is 7.02. The second-order valence-corrected chi connectivity index (χ2v) is 7.33. The van der Waals surface area contributed by atoms with Crippen molar-refractivity contribution in [2.24, 2.45) is 5.92 Å². The number of rotatable bonds is 4. The fourth-order valence-corrected chi connectivity index (χ4v) is 3.55. The molecule has 6 nitrogen and oxygen atoms in total. The van der Waals surface area contributed by atoms with Crippen LogP contribution in [-0.2, 0) is 9.59 Å². The fourth-order valence-electron chi connectivity index (χ4n) is 3.55. The lowest BCUT2D eigenvalue weighted by Gasteiger charge is -2.39. The van der Waals surface area contributed by atoms with Gasteiger partial charge < -0.3 is 14.5 Å². The summed E-state index contributed by atoms with van der Waals surface area (Å²) < 4.78 is 5.75. The average Bonchev–Trinajstić information content (AvgIpc) is 3.02. The van der Waals surface area contributed by atoms with Crippen LogP contribution in [0.25, 0.3) is 0 Å². The Morgan fingerprint density at radius 2 is 1.93 bits per heavy atom. The molecule has 2 amide bonds. The molecular weight excluding hydrogens is 342 g/mol. The Morgan fingerprint density at radius 1 is 1.11 bits per heavy atom. The van der Waals surface area contributed by atoms with Crippen LogP contribution in [0.3, 0.4) is 0 Å². The number of ether oxygens (including phenoxy) is 1. The van der Waals surface area contributed by atoms with Crippen LogP contribution in [-0.4, -0.2) is 47.4 Å². The van der Waals surface area contributed by atoms with Crippen molar-refractivity contribution in [2.45, 2.75) is 26.4 Å². The van der Waals surface area contributed by atoms with Crippen molar-refractivity contribution in [2.75, 3.05) is 24.5 Å². The van der Waals surface area contributed by atoms with E-state index in [0.717, 1.165) is 11.3 Å². The van der Waals surface area contributed by atoms with Gasteiger partial charge in [0.25, 0.3) is 0 Å². The minimum absolute atomic E-state index is 0.0124. The van der Waals surface area contributed by atoms with Crippen LogP contribution in [0, 0.1) is 19.8 Å². The van der Waals surface area contributed by atoms with Crippen molar-refractivity contribution in [3.05, 3.63) is 53.7 Å². The number of carbonyl (C=O) groups is 2. The summed E-state index contributed by atoms with van der Waals surface area (Å²) in [5, 5.41) is 0. The third kappa shape index (κ3) is 3.52. The van der Waals surface area contributed by atoms with E-state index in [4.69, 9.17) is 4.74 Å². The van der Waals surface area contributed by atoms with Crippen LogP contribution in [0.5, 0.6) is 5.88 Å². The van der Waals surface area contributed by atoms with Crippen molar-refractivity contribution in [1.82, 2.24) is 9.88 Å². The molecule has 2 fully saturated rings. The Hall–Kier alpha value is -2.89. The number of benzene rings is 1. The SMILES string of the molecule is Cc1ccc(N2CC(C(=O)N3CC(Oc4ccccn4)C3)CC2=O)cc1C. The second-order valence-electron chi connectivity index (χ2n) is 7.33. The molecule has 2 aliphatic heterocycles. The summed E-state index contributed by atoms with van der Waals surface area (Å²) in [5.41, 5.74) is 3.21. The van der Waals surface area contributed by atoms with Crippen LogP contribution < -0.4 is 9.64 Å². The van der Waals surface area contributed by atoms with Crippen molar-refractivity contribution in [1.29, 1.82) is 0 Å². The number of anilines is 1. The van der Waals surface area contributed by atoms with E-state index in [1.807, 2.05) is 50.2 Å². The zero-order chi connectivity index (χ0) is 19.0. The van der Waals surface area contributed by atoms with Gasteiger partial charge in [-0.3, -0.25) is 9.59 Å². The zero-order valence-corrected chi connectivity index (χ0v) is 15.6. The molecule has 0 saturated carbocycles. The molecule has 0 aliphatic carbocycles. The van der Waals surface area contributed by atoms with E-state index < -0.39 is 0 Å². The standard InChI is InChI=1S/C21H23N3O3/c1-14-6-7-17(9-15(14)2)24-11-16(10-20(24)25)21(26)23-12-18(13-23)27-19-5-3-4-8-22-19/h3-9,16,18H,10-13H2,1-2H3. The molecule has 6 heteroatoms. The topological polar surface area (TPSA) is 62.7 Å². The van der Waals surface area contributed by atoms with Crippen LogP contribution >= 0.6 is 0 Å². The van der Waals surface area contributed by atoms with E-state index in [0.29, 0.717) is 25.5 Å². The monoisotopic (exact) mass is 365 g/mol. The number of likely N-dealkylation sites (tertiary alicyclic amines) is 1. The smallest absolute Gasteiger partial charge is 0.228 e. The van der Waals surface area contributed by atoms with Gasteiger partial charge in [-0.25, -0.2) is 4.98 Å². The largest absolute Gasteiger partial charge is 0.471 e. The number of aryl methyl sites for hydroxylation is 2. The maximum absolute atomic E-state index is 12.7. The molecule has 2 aliphatic rings. The molecule has 1 aromatic heterocycles. The third-order valence-electron chi connectivity index (χ3n) is 5.36. The Bertz CT molecular complexity index is 862. The first-order valence-electron chi connectivity index (χ1n) is 9.25. The van der Waals surface area contributed by atoms with Gasteiger partial charge in [0.05, 0.1) is 19.0 Å².